The summed E-state index contributed by atoms with van der Waals surface area (Å²) in [6.45, 7) is 4.06. The summed E-state index contributed by atoms with van der Waals surface area (Å²) < 4.78 is 19.0. The molecule has 0 spiro atoms. The van der Waals surface area contributed by atoms with E-state index >= 15 is 0 Å². The fourth-order valence-corrected chi connectivity index (χ4v) is 2.59. The summed E-state index contributed by atoms with van der Waals surface area (Å²) in [4.78, 5) is 14.6. The van der Waals surface area contributed by atoms with Crippen LogP contribution in [-0.4, -0.2) is 37.1 Å². The number of nitrogens with zero attached hydrogens (tertiary/aromatic N) is 1. The third-order valence-electron chi connectivity index (χ3n) is 3.82. The first kappa shape index (κ1) is 15.6. The second-order valence-corrected chi connectivity index (χ2v) is 5.52. The van der Waals surface area contributed by atoms with Gasteiger partial charge in [-0.1, -0.05) is 24.3 Å². The number of anilines is 1. The fourth-order valence-electron chi connectivity index (χ4n) is 2.59. The largest absolute Gasteiger partial charge is 0.379 e. The number of carbonyl (C=O) groups excluding carboxylic acids is 1. The molecule has 1 fully saturated rings. The summed E-state index contributed by atoms with van der Waals surface area (Å²) in [5.41, 5.74) is 1.78. The zero-order valence-corrected chi connectivity index (χ0v) is 12.8. The van der Waals surface area contributed by atoms with Crippen molar-refractivity contribution in [1.82, 2.24) is 4.90 Å². The molecule has 4 nitrogen and oxygen atoms in total. The molecule has 0 atom stereocenters. The molecule has 2 aromatic rings. The maximum absolute atomic E-state index is 13.6. The summed E-state index contributed by atoms with van der Waals surface area (Å²) >= 11 is 0. The van der Waals surface area contributed by atoms with Gasteiger partial charge in [0.2, 0.25) is 0 Å². The Morgan fingerprint density at radius 2 is 1.91 bits per heavy atom. The Balaban J connectivity index is 1.69. The molecule has 0 bridgehead atoms. The molecule has 2 aromatic carbocycles. The van der Waals surface area contributed by atoms with Crippen molar-refractivity contribution in [1.29, 1.82) is 0 Å². The molecule has 1 N–H and O–H groups in total. The molecule has 1 amide bonds. The summed E-state index contributed by atoms with van der Waals surface area (Å²) in [7, 11) is 0. The van der Waals surface area contributed by atoms with Crippen molar-refractivity contribution in [3.63, 3.8) is 0 Å². The lowest BCUT2D eigenvalue weighted by Crippen LogP contribution is -2.35. The molecule has 120 valence electrons. The normalized spacial score (nSPS) is 15.3. The Kier molecular flexibility index (Phi) is 5.00. The molecule has 1 heterocycles. The standard InChI is InChI=1S/C18H19FN2O2/c19-16-6-1-2-7-17(16)20-18(22)15-5-3-4-14(12-15)13-21-8-10-23-11-9-21/h1-7,12H,8-11,13H2,(H,20,22). The lowest BCUT2D eigenvalue weighted by atomic mass is 10.1. The molecular weight excluding hydrogens is 295 g/mol. The molecule has 23 heavy (non-hydrogen) atoms. The molecule has 0 aliphatic carbocycles. The molecule has 1 saturated heterocycles. The summed E-state index contributed by atoms with van der Waals surface area (Å²) in [5, 5.41) is 2.61. The number of rotatable bonds is 4. The Labute approximate surface area is 134 Å². The van der Waals surface area contributed by atoms with E-state index in [-0.39, 0.29) is 11.6 Å². The van der Waals surface area contributed by atoms with Crippen LogP contribution in [0.25, 0.3) is 0 Å². The van der Waals surface area contributed by atoms with Gasteiger partial charge in [0.05, 0.1) is 18.9 Å². The molecule has 3 rings (SSSR count). The van der Waals surface area contributed by atoms with Crippen molar-refractivity contribution in [2.45, 2.75) is 6.54 Å². The molecule has 0 saturated carbocycles. The number of para-hydroxylation sites is 1. The smallest absolute Gasteiger partial charge is 0.255 e. The quantitative estimate of drug-likeness (QED) is 0.943. The van der Waals surface area contributed by atoms with E-state index in [1.165, 1.54) is 6.07 Å². The second-order valence-electron chi connectivity index (χ2n) is 5.52. The number of morpholine rings is 1. The predicted molar refractivity (Wildman–Crippen MR) is 86.9 cm³/mol. The minimum atomic E-state index is -0.440. The Hall–Kier alpha value is -2.24. The van der Waals surface area contributed by atoms with Gasteiger partial charge in [0.15, 0.2) is 0 Å². The van der Waals surface area contributed by atoms with Gasteiger partial charge < -0.3 is 10.1 Å². The first-order chi connectivity index (χ1) is 11.2. The first-order valence-corrected chi connectivity index (χ1v) is 7.67. The van der Waals surface area contributed by atoms with Gasteiger partial charge in [0, 0.05) is 25.2 Å². The number of halogens is 1. The number of amides is 1. The van der Waals surface area contributed by atoms with Crippen LogP contribution in [-0.2, 0) is 11.3 Å². The average molecular weight is 314 g/mol. The van der Waals surface area contributed by atoms with E-state index in [0.717, 1.165) is 38.4 Å². The van der Waals surface area contributed by atoms with Crippen molar-refractivity contribution in [2.75, 3.05) is 31.6 Å². The Bertz CT molecular complexity index is 684. The minimum absolute atomic E-state index is 0.191. The third-order valence-corrected chi connectivity index (χ3v) is 3.82. The molecular formula is C18H19FN2O2. The van der Waals surface area contributed by atoms with E-state index in [2.05, 4.69) is 10.2 Å². The topological polar surface area (TPSA) is 41.6 Å². The highest BCUT2D eigenvalue weighted by molar-refractivity contribution is 6.04. The zero-order valence-electron chi connectivity index (χ0n) is 12.8. The Morgan fingerprint density at radius 3 is 2.70 bits per heavy atom. The van der Waals surface area contributed by atoms with Crippen LogP contribution in [0.2, 0.25) is 0 Å². The molecule has 0 radical (unpaired) electrons. The molecule has 1 aliphatic heterocycles. The maximum atomic E-state index is 13.6. The molecule has 5 heteroatoms. The third kappa shape index (κ3) is 4.15. The van der Waals surface area contributed by atoms with Gasteiger partial charge >= 0.3 is 0 Å². The number of hydrogen-bond donors (Lipinski definition) is 1. The van der Waals surface area contributed by atoms with Gasteiger partial charge in [0.1, 0.15) is 5.82 Å². The van der Waals surface area contributed by atoms with Crippen LogP contribution < -0.4 is 5.32 Å². The van der Waals surface area contributed by atoms with Crippen LogP contribution in [0.1, 0.15) is 15.9 Å². The van der Waals surface area contributed by atoms with Gasteiger partial charge in [-0.05, 0) is 29.8 Å². The Morgan fingerprint density at radius 1 is 1.13 bits per heavy atom. The van der Waals surface area contributed by atoms with E-state index in [1.807, 2.05) is 18.2 Å². The number of benzene rings is 2. The van der Waals surface area contributed by atoms with Crippen LogP contribution >= 0.6 is 0 Å². The summed E-state index contributed by atoms with van der Waals surface area (Å²) in [6, 6.07) is 13.6. The molecule has 0 aromatic heterocycles. The lowest BCUT2D eigenvalue weighted by Gasteiger charge is -2.26. The summed E-state index contributed by atoms with van der Waals surface area (Å²) in [6.07, 6.45) is 0. The minimum Gasteiger partial charge on any atom is -0.379 e. The van der Waals surface area contributed by atoms with Gasteiger partial charge in [-0.3, -0.25) is 9.69 Å². The second kappa shape index (κ2) is 7.35. The van der Waals surface area contributed by atoms with Crippen LogP contribution in [0.15, 0.2) is 48.5 Å². The number of nitrogens with one attached hydrogen (secondary N) is 1. The van der Waals surface area contributed by atoms with Gasteiger partial charge in [-0.2, -0.15) is 0 Å². The predicted octanol–water partition coefficient (Wildman–Crippen LogP) is 2.91. The maximum Gasteiger partial charge on any atom is 0.255 e. The van der Waals surface area contributed by atoms with Gasteiger partial charge in [0.25, 0.3) is 5.91 Å². The number of carbonyl (C=O) groups is 1. The van der Waals surface area contributed by atoms with E-state index in [1.54, 1.807) is 24.3 Å². The van der Waals surface area contributed by atoms with Crippen LogP contribution in [0.3, 0.4) is 0 Å². The van der Waals surface area contributed by atoms with Crippen molar-refractivity contribution in [2.24, 2.45) is 0 Å². The average Bonchev–Trinajstić information content (AvgIpc) is 2.58. The number of ether oxygens (including phenoxy) is 1. The van der Waals surface area contributed by atoms with Crippen molar-refractivity contribution < 1.29 is 13.9 Å². The first-order valence-electron chi connectivity index (χ1n) is 7.67. The van der Waals surface area contributed by atoms with Gasteiger partial charge in [-0.25, -0.2) is 4.39 Å². The van der Waals surface area contributed by atoms with Crippen LogP contribution in [0.4, 0.5) is 10.1 Å². The van der Waals surface area contributed by atoms with Crippen LogP contribution in [0, 0.1) is 5.82 Å². The number of hydrogen-bond acceptors (Lipinski definition) is 3. The van der Waals surface area contributed by atoms with Crippen molar-refractivity contribution in [3.8, 4) is 0 Å². The van der Waals surface area contributed by atoms with E-state index in [9.17, 15) is 9.18 Å². The summed E-state index contributed by atoms with van der Waals surface area (Å²) in [5.74, 6) is -0.746. The highest BCUT2D eigenvalue weighted by Crippen LogP contribution is 2.15. The lowest BCUT2D eigenvalue weighted by molar-refractivity contribution is 0.0342. The van der Waals surface area contributed by atoms with E-state index in [4.69, 9.17) is 4.74 Å². The van der Waals surface area contributed by atoms with Crippen molar-refractivity contribution in [3.05, 3.63) is 65.5 Å². The van der Waals surface area contributed by atoms with Crippen LogP contribution in [0.5, 0.6) is 0 Å². The SMILES string of the molecule is O=C(Nc1ccccc1F)c1cccc(CN2CCOCC2)c1. The fraction of sp³-hybridized carbons (Fsp3) is 0.278. The van der Waals surface area contributed by atoms with E-state index < -0.39 is 5.82 Å². The van der Waals surface area contributed by atoms with Crippen molar-refractivity contribution >= 4 is 11.6 Å². The van der Waals surface area contributed by atoms with Gasteiger partial charge in [-0.15, -0.1) is 0 Å². The highest BCUT2D eigenvalue weighted by Gasteiger charge is 2.13. The molecule has 0 unspecified atom stereocenters. The highest BCUT2D eigenvalue weighted by atomic mass is 19.1. The molecule has 1 aliphatic rings. The van der Waals surface area contributed by atoms with E-state index in [0.29, 0.717) is 5.56 Å². The monoisotopic (exact) mass is 314 g/mol. The zero-order chi connectivity index (χ0) is 16.1.